The molecule has 0 saturated heterocycles. The molecule has 0 aliphatic rings. The Kier molecular flexibility index (Phi) is 13.5. The largest absolute Gasteiger partial charge is 0.309 e. The second-order valence-corrected chi connectivity index (χ2v) is 8.56. The summed E-state index contributed by atoms with van der Waals surface area (Å²) in [5.41, 5.74) is 3.13. The molecular formula is C25H40Cl2N2. The van der Waals surface area contributed by atoms with Crippen molar-refractivity contribution in [1.82, 2.24) is 9.80 Å². The molecule has 0 bridgehead atoms. The van der Waals surface area contributed by atoms with E-state index >= 15 is 0 Å². The van der Waals surface area contributed by atoms with Crippen molar-refractivity contribution in [3.05, 3.63) is 71.8 Å². The molecule has 0 radical (unpaired) electrons. The van der Waals surface area contributed by atoms with Crippen LogP contribution >= 0.6 is 24.8 Å². The Morgan fingerprint density at radius 2 is 1.34 bits per heavy atom. The zero-order valence-electron chi connectivity index (χ0n) is 18.8. The van der Waals surface area contributed by atoms with Crippen LogP contribution in [-0.2, 0) is 11.8 Å². The first-order valence-corrected chi connectivity index (χ1v) is 10.4. The molecule has 1 unspecified atom stereocenters. The fourth-order valence-electron chi connectivity index (χ4n) is 4.19. The first-order chi connectivity index (χ1) is 12.9. The fraction of sp³-hybridized carbons (Fsp3) is 0.520. The highest BCUT2D eigenvalue weighted by atomic mass is 35.5. The average Bonchev–Trinajstić information content (AvgIpc) is 2.66. The Morgan fingerprint density at radius 1 is 0.793 bits per heavy atom. The maximum absolute atomic E-state index is 2.48. The average molecular weight is 440 g/mol. The van der Waals surface area contributed by atoms with Gasteiger partial charge in [0.15, 0.2) is 0 Å². The molecule has 0 amide bonds. The van der Waals surface area contributed by atoms with Gasteiger partial charge in [-0.2, -0.15) is 0 Å². The van der Waals surface area contributed by atoms with E-state index in [1.807, 2.05) is 0 Å². The van der Waals surface area contributed by atoms with E-state index in [4.69, 9.17) is 0 Å². The van der Waals surface area contributed by atoms with Crippen LogP contribution in [0.3, 0.4) is 0 Å². The van der Waals surface area contributed by atoms with E-state index in [2.05, 4.69) is 105 Å². The lowest BCUT2D eigenvalue weighted by Crippen LogP contribution is -2.42. The van der Waals surface area contributed by atoms with Crippen molar-refractivity contribution in [2.24, 2.45) is 5.92 Å². The van der Waals surface area contributed by atoms with Gasteiger partial charge in [0.1, 0.15) is 0 Å². The Bertz CT molecular complexity index is 646. The lowest BCUT2D eigenvalue weighted by Gasteiger charge is -2.41. The van der Waals surface area contributed by atoms with Crippen LogP contribution < -0.4 is 0 Å². The van der Waals surface area contributed by atoms with Crippen molar-refractivity contribution in [1.29, 1.82) is 0 Å². The van der Waals surface area contributed by atoms with Gasteiger partial charge >= 0.3 is 0 Å². The smallest absolute Gasteiger partial charge is 0.0103 e. The predicted molar refractivity (Wildman–Crippen MR) is 133 cm³/mol. The third kappa shape index (κ3) is 8.68. The van der Waals surface area contributed by atoms with Crippen molar-refractivity contribution in [2.45, 2.75) is 38.5 Å². The van der Waals surface area contributed by atoms with E-state index in [0.717, 1.165) is 26.1 Å². The van der Waals surface area contributed by atoms with E-state index in [9.17, 15) is 0 Å². The first-order valence-electron chi connectivity index (χ1n) is 10.4. The maximum atomic E-state index is 2.48. The minimum absolute atomic E-state index is 0. The molecule has 0 aromatic heterocycles. The summed E-state index contributed by atoms with van der Waals surface area (Å²) in [6.07, 6.45) is 3.58. The van der Waals surface area contributed by atoms with Crippen molar-refractivity contribution in [3.63, 3.8) is 0 Å². The maximum Gasteiger partial charge on any atom is 0.0103 e. The number of hydrogen-bond acceptors (Lipinski definition) is 2. The summed E-state index contributed by atoms with van der Waals surface area (Å²) in [5, 5.41) is 0. The molecule has 0 aliphatic heterocycles. The highest BCUT2D eigenvalue weighted by Gasteiger charge is 2.35. The van der Waals surface area contributed by atoms with Gasteiger partial charge in [0.05, 0.1) is 0 Å². The van der Waals surface area contributed by atoms with Gasteiger partial charge in [-0.25, -0.2) is 0 Å². The van der Waals surface area contributed by atoms with Crippen molar-refractivity contribution < 1.29 is 0 Å². The molecular weight excluding hydrogens is 399 g/mol. The number of benzene rings is 2. The molecule has 164 valence electrons. The molecule has 2 aromatic carbocycles. The number of rotatable bonds is 11. The normalized spacial score (nSPS) is 13.1. The topological polar surface area (TPSA) is 6.48 Å². The molecule has 4 heteroatoms. The number of hydrogen-bond donors (Lipinski definition) is 0. The summed E-state index contributed by atoms with van der Waals surface area (Å²) in [6.45, 7) is 8.15. The van der Waals surface area contributed by atoms with Crippen LogP contribution in [0.1, 0.15) is 37.8 Å². The van der Waals surface area contributed by atoms with E-state index in [1.165, 1.54) is 24.0 Å². The van der Waals surface area contributed by atoms with Gasteiger partial charge in [0.25, 0.3) is 0 Å². The summed E-state index contributed by atoms with van der Waals surface area (Å²) in [7, 11) is 6.66. The van der Waals surface area contributed by atoms with Crippen LogP contribution in [0.25, 0.3) is 0 Å². The van der Waals surface area contributed by atoms with Crippen molar-refractivity contribution in [2.75, 3.05) is 40.8 Å². The molecule has 0 spiro atoms. The first kappa shape index (κ1) is 27.9. The molecule has 0 fully saturated rings. The van der Waals surface area contributed by atoms with Crippen LogP contribution in [0.5, 0.6) is 0 Å². The molecule has 0 heterocycles. The lowest BCUT2D eigenvalue weighted by molar-refractivity contribution is 0.191. The van der Waals surface area contributed by atoms with E-state index in [1.54, 1.807) is 0 Å². The molecule has 2 rings (SSSR count). The molecule has 2 nitrogen and oxygen atoms in total. The van der Waals surface area contributed by atoms with E-state index in [0.29, 0.717) is 5.92 Å². The Balaban J connectivity index is 0.00000392. The van der Waals surface area contributed by atoms with Crippen molar-refractivity contribution in [3.8, 4) is 0 Å². The van der Waals surface area contributed by atoms with Gasteiger partial charge in [0, 0.05) is 18.5 Å². The monoisotopic (exact) mass is 438 g/mol. The molecule has 0 saturated carbocycles. The SMILES string of the molecule is CC(C)C(CCCN(C)CCc1ccccc1)(CN(C)C)c1ccccc1.Cl.Cl. The molecule has 0 N–H and O–H groups in total. The van der Waals surface area contributed by atoms with Crippen LogP contribution in [0.4, 0.5) is 0 Å². The quantitative estimate of drug-likeness (QED) is 0.428. The van der Waals surface area contributed by atoms with Gasteiger partial charge in [-0.15, -0.1) is 24.8 Å². The van der Waals surface area contributed by atoms with Gasteiger partial charge < -0.3 is 9.80 Å². The van der Waals surface area contributed by atoms with Gasteiger partial charge in [-0.05, 0) is 64.0 Å². The van der Waals surface area contributed by atoms with E-state index < -0.39 is 0 Å². The van der Waals surface area contributed by atoms with Gasteiger partial charge in [0.2, 0.25) is 0 Å². The second-order valence-electron chi connectivity index (χ2n) is 8.56. The number of likely N-dealkylation sites (N-methyl/N-ethyl adjacent to an activating group) is 2. The Morgan fingerprint density at radius 3 is 1.86 bits per heavy atom. The van der Waals surface area contributed by atoms with Gasteiger partial charge in [-0.3, -0.25) is 0 Å². The third-order valence-electron chi connectivity index (χ3n) is 5.84. The third-order valence-corrected chi connectivity index (χ3v) is 5.84. The highest BCUT2D eigenvalue weighted by molar-refractivity contribution is 5.85. The van der Waals surface area contributed by atoms with Crippen LogP contribution in [0, 0.1) is 5.92 Å². The molecule has 2 aromatic rings. The number of halogens is 2. The van der Waals surface area contributed by atoms with Crippen LogP contribution in [-0.4, -0.2) is 50.6 Å². The fourth-order valence-corrected chi connectivity index (χ4v) is 4.19. The zero-order chi connectivity index (χ0) is 19.7. The second kappa shape index (κ2) is 14.0. The van der Waals surface area contributed by atoms with Crippen LogP contribution in [0.15, 0.2) is 60.7 Å². The molecule has 1 atom stereocenters. The molecule has 0 aliphatic carbocycles. The predicted octanol–water partition coefficient (Wildman–Crippen LogP) is 5.94. The van der Waals surface area contributed by atoms with Crippen LogP contribution in [0.2, 0.25) is 0 Å². The summed E-state index contributed by atoms with van der Waals surface area (Å²) in [5.74, 6) is 0.608. The van der Waals surface area contributed by atoms with E-state index in [-0.39, 0.29) is 30.2 Å². The summed E-state index contributed by atoms with van der Waals surface area (Å²) in [6, 6.07) is 22.0. The summed E-state index contributed by atoms with van der Waals surface area (Å²) >= 11 is 0. The van der Waals surface area contributed by atoms with Crippen molar-refractivity contribution >= 4 is 24.8 Å². The van der Waals surface area contributed by atoms with Gasteiger partial charge in [-0.1, -0.05) is 74.5 Å². The standard InChI is InChI=1S/C25H38N2.2ClH/c1-22(2)25(21-26(3)4,24-15-10-7-11-16-24)18-12-19-27(5)20-17-23-13-8-6-9-14-23;;/h6-11,13-16,22H,12,17-21H2,1-5H3;2*1H. The minimum atomic E-state index is 0. The summed E-state index contributed by atoms with van der Waals surface area (Å²) < 4.78 is 0. The Labute approximate surface area is 191 Å². The lowest BCUT2D eigenvalue weighted by atomic mass is 9.68. The minimum Gasteiger partial charge on any atom is -0.309 e. The molecule has 29 heavy (non-hydrogen) atoms. The number of nitrogens with zero attached hydrogens (tertiary/aromatic N) is 2. The highest BCUT2D eigenvalue weighted by Crippen LogP contribution is 2.37. The Hall–Kier alpha value is -1.06. The zero-order valence-corrected chi connectivity index (χ0v) is 20.4. The summed E-state index contributed by atoms with van der Waals surface area (Å²) in [4.78, 5) is 4.84.